The molecule has 0 aliphatic carbocycles. The number of piperidine rings is 6. The molecule has 0 radical (unpaired) electrons. The Morgan fingerprint density at radius 2 is 0.900 bits per heavy atom. The number of rotatable bonds is 10. The predicted molar refractivity (Wildman–Crippen MR) is 250 cm³/mol. The molecule has 6 aliphatic rings. The summed E-state index contributed by atoms with van der Waals surface area (Å²) in [6.45, 7) is 20.8. The second kappa shape index (κ2) is 14.8. The van der Waals surface area contributed by atoms with Crippen LogP contribution in [0.5, 0.6) is 0 Å². The van der Waals surface area contributed by atoms with E-state index >= 15 is 0 Å². The molecule has 0 amide bonds. The molecule has 302 valence electrons. The molecule has 2 aromatic heterocycles. The summed E-state index contributed by atoms with van der Waals surface area (Å²) < 4.78 is 2.25. The Bertz CT molecular complexity index is 2530. The van der Waals surface area contributed by atoms with Gasteiger partial charge in [0.2, 0.25) is 0 Å². The molecule has 7 aromatic rings. The number of nitrogens with zero attached hydrogens (tertiary/aromatic N) is 4. The van der Waals surface area contributed by atoms with Crippen LogP contribution in [0.1, 0.15) is 73.6 Å². The van der Waals surface area contributed by atoms with Crippen molar-refractivity contribution >= 4 is 43.4 Å². The molecule has 6 saturated heterocycles. The summed E-state index contributed by atoms with van der Waals surface area (Å²) in [5, 5.41) is 8.45. The maximum atomic E-state index is 4.78. The predicted octanol–water partition coefficient (Wildman–Crippen LogP) is 12.5. The van der Waals surface area contributed by atoms with E-state index in [1.165, 1.54) is 95.3 Å². The standard InChI is InChI=1S/C56H60N4/c1-5-39-33-59(29-25-41(39)31-55(59)37(3)43-23-27-57-53-21-13-11-19-49(43)53)35-51-45-15-7-9-17-47(45)52(48-18-10-8-16-46(48)51)36-60-30-26-42(40(6-2)34-60)32-56(60)38(4)44-24-28-58-54-22-14-12-20-50(44)54/h5-24,27-28,37-42,55-56H,1-2,25-26,29-36H2,3-4H3/q+2/t37-,38-,39?,40?,41?,42?,55-,56-,59-,60-/m0/s1. The lowest BCUT2D eigenvalue weighted by atomic mass is 9.68. The highest BCUT2D eigenvalue weighted by Gasteiger charge is 2.55. The van der Waals surface area contributed by atoms with Gasteiger partial charge in [-0.15, -0.1) is 13.2 Å². The topological polar surface area (TPSA) is 25.8 Å². The van der Waals surface area contributed by atoms with Gasteiger partial charge in [-0.1, -0.05) is 111 Å². The molecule has 13 rings (SSSR count). The van der Waals surface area contributed by atoms with Gasteiger partial charge < -0.3 is 8.97 Å². The third-order valence-electron chi connectivity index (χ3n) is 17.0. The molecular weight excluding hydrogens is 729 g/mol. The summed E-state index contributed by atoms with van der Waals surface area (Å²) in [6.07, 6.45) is 13.8. The Kier molecular flexibility index (Phi) is 9.32. The zero-order valence-electron chi connectivity index (χ0n) is 35.6. The van der Waals surface area contributed by atoms with Gasteiger partial charge in [0, 0.05) is 83.6 Å². The highest BCUT2D eigenvalue weighted by Crippen LogP contribution is 2.52. The lowest BCUT2D eigenvalue weighted by Gasteiger charge is -2.59. The van der Waals surface area contributed by atoms with Crippen LogP contribution in [-0.4, -0.2) is 57.2 Å². The van der Waals surface area contributed by atoms with Gasteiger partial charge in [0.05, 0.1) is 49.3 Å². The summed E-state index contributed by atoms with van der Waals surface area (Å²) in [7, 11) is 0. The summed E-state index contributed by atoms with van der Waals surface area (Å²) in [6, 6.07) is 42.3. The monoisotopic (exact) mass is 788 g/mol. The van der Waals surface area contributed by atoms with Crippen LogP contribution in [-0.2, 0) is 13.1 Å². The molecule has 5 aromatic carbocycles. The van der Waals surface area contributed by atoms with E-state index in [4.69, 9.17) is 9.97 Å². The van der Waals surface area contributed by atoms with Crippen LogP contribution in [0.25, 0.3) is 43.4 Å². The third-order valence-corrected chi connectivity index (χ3v) is 17.0. The largest absolute Gasteiger partial charge is 0.316 e. The minimum atomic E-state index is 0.412. The highest BCUT2D eigenvalue weighted by atomic mass is 15.4. The maximum Gasteiger partial charge on any atom is 0.106 e. The van der Waals surface area contributed by atoms with Gasteiger partial charge in [-0.3, -0.25) is 9.97 Å². The van der Waals surface area contributed by atoms with E-state index in [0.29, 0.717) is 47.6 Å². The number of hydrogen-bond donors (Lipinski definition) is 0. The van der Waals surface area contributed by atoms with Gasteiger partial charge in [-0.05, 0) is 68.8 Å². The molecule has 0 N–H and O–H groups in total. The molecule has 60 heavy (non-hydrogen) atoms. The van der Waals surface area contributed by atoms with Crippen LogP contribution in [0.3, 0.4) is 0 Å². The Morgan fingerprint density at radius 1 is 0.533 bits per heavy atom. The number of hydrogen-bond acceptors (Lipinski definition) is 2. The molecule has 4 heteroatoms. The van der Waals surface area contributed by atoms with Crippen LogP contribution in [0, 0.1) is 23.7 Å². The first-order valence-electron chi connectivity index (χ1n) is 23.0. The normalized spacial score (nSPS) is 29.6. The fourth-order valence-corrected chi connectivity index (χ4v) is 14.0. The van der Waals surface area contributed by atoms with Crippen LogP contribution < -0.4 is 0 Å². The van der Waals surface area contributed by atoms with Crippen LogP contribution in [0.2, 0.25) is 0 Å². The quantitative estimate of drug-likeness (QED) is 0.0784. The number of para-hydroxylation sites is 2. The molecule has 10 atom stereocenters. The van der Waals surface area contributed by atoms with Crippen LogP contribution in [0.4, 0.5) is 0 Å². The maximum absolute atomic E-state index is 4.78. The Balaban J connectivity index is 1.04. The summed E-state index contributed by atoms with van der Waals surface area (Å²) in [5.41, 5.74) is 8.21. The molecule has 6 fully saturated rings. The number of fused-ring (bicyclic) bond motifs is 10. The second-order valence-electron chi connectivity index (χ2n) is 19.5. The fraction of sp³-hybridized carbons (Fsp3) is 0.357. The van der Waals surface area contributed by atoms with Crippen molar-refractivity contribution in [2.75, 3.05) is 26.2 Å². The molecule has 4 bridgehead atoms. The molecular formula is C56H60N4+2. The van der Waals surface area contributed by atoms with E-state index < -0.39 is 0 Å². The summed E-state index contributed by atoms with van der Waals surface area (Å²) in [4.78, 5) is 9.57. The summed E-state index contributed by atoms with van der Waals surface area (Å²) >= 11 is 0. The Labute approximate surface area is 356 Å². The first-order chi connectivity index (χ1) is 29.4. The number of benzene rings is 5. The van der Waals surface area contributed by atoms with Gasteiger partial charge in [-0.2, -0.15) is 0 Å². The van der Waals surface area contributed by atoms with E-state index in [2.05, 4.69) is 148 Å². The second-order valence-corrected chi connectivity index (χ2v) is 19.5. The molecule has 0 spiro atoms. The first kappa shape index (κ1) is 37.8. The molecule has 4 nitrogen and oxygen atoms in total. The molecule has 0 saturated carbocycles. The van der Waals surface area contributed by atoms with E-state index in [9.17, 15) is 0 Å². The minimum absolute atomic E-state index is 0.412. The van der Waals surface area contributed by atoms with Crippen molar-refractivity contribution in [3.05, 3.63) is 169 Å². The lowest BCUT2D eigenvalue weighted by molar-refractivity contribution is -0.982. The van der Waals surface area contributed by atoms with Crippen LogP contribution in [0.15, 0.2) is 147 Å². The molecule has 6 aliphatic heterocycles. The zero-order valence-corrected chi connectivity index (χ0v) is 35.6. The minimum Gasteiger partial charge on any atom is -0.316 e. The smallest absolute Gasteiger partial charge is 0.106 e. The SMILES string of the molecule is C=CC1C[N@+]2(Cc3c4ccccc4c(C[N@@+]45CCC(C[C@H]4[C@@H](C)c4ccnc6ccccc46)C(C=C)C5)c4ccccc34)CCC1C[C@H]2[C@@H](C)c1ccnc2ccccc12. The van der Waals surface area contributed by atoms with E-state index in [-0.39, 0.29) is 0 Å². The average molecular weight is 789 g/mol. The molecule has 4 unspecified atom stereocenters. The van der Waals surface area contributed by atoms with Crippen molar-refractivity contribution in [1.29, 1.82) is 0 Å². The van der Waals surface area contributed by atoms with Crippen molar-refractivity contribution in [1.82, 2.24) is 9.97 Å². The van der Waals surface area contributed by atoms with Crippen molar-refractivity contribution in [2.45, 2.75) is 76.5 Å². The summed E-state index contributed by atoms with van der Waals surface area (Å²) in [5.74, 6) is 3.36. The molecule has 8 heterocycles. The average Bonchev–Trinajstić information content (AvgIpc) is 3.31. The van der Waals surface area contributed by atoms with E-state index in [1.54, 1.807) is 11.1 Å². The van der Waals surface area contributed by atoms with Crippen molar-refractivity contribution < 1.29 is 8.97 Å². The Morgan fingerprint density at radius 3 is 1.28 bits per heavy atom. The van der Waals surface area contributed by atoms with E-state index in [1.807, 2.05) is 12.4 Å². The number of aromatic nitrogens is 2. The van der Waals surface area contributed by atoms with Gasteiger partial charge in [-0.25, -0.2) is 0 Å². The van der Waals surface area contributed by atoms with Gasteiger partial charge >= 0.3 is 0 Å². The zero-order chi connectivity index (χ0) is 40.6. The fourth-order valence-electron chi connectivity index (χ4n) is 14.0. The van der Waals surface area contributed by atoms with Gasteiger partial charge in [0.25, 0.3) is 0 Å². The van der Waals surface area contributed by atoms with Gasteiger partial charge in [0.1, 0.15) is 13.1 Å². The Hall–Kier alpha value is -5.16. The van der Waals surface area contributed by atoms with Crippen molar-refractivity contribution in [3.63, 3.8) is 0 Å². The number of pyridine rings is 2. The van der Waals surface area contributed by atoms with Crippen LogP contribution >= 0.6 is 0 Å². The highest BCUT2D eigenvalue weighted by molar-refractivity contribution is 6.05. The number of quaternary nitrogens is 2. The van der Waals surface area contributed by atoms with Gasteiger partial charge in [0.15, 0.2) is 0 Å². The van der Waals surface area contributed by atoms with Crippen molar-refractivity contribution in [3.8, 4) is 0 Å². The van der Waals surface area contributed by atoms with E-state index in [0.717, 1.165) is 33.1 Å². The lowest BCUT2D eigenvalue weighted by Crippen LogP contribution is -2.67. The van der Waals surface area contributed by atoms with Crippen molar-refractivity contribution in [2.24, 2.45) is 23.7 Å². The third kappa shape index (κ3) is 5.92. The first-order valence-corrected chi connectivity index (χ1v) is 23.0.